The third-order valence-corrected chi connectivity index (χ3v) is 1.97. The maximum absolute atomic E-state index is 9.10. The number of phenolic OH excluding ortho intramolecular Hbond substituents is 1. The SMILES string of the molecule is II.Oc1ccc(-c2ccccc2)cc1. The summed E-state index contributed by atoms with van der Waals surface area (Å²) in [5, 5.41) is 9.10. The second-order valence-electron chi connectivity index (χ2n) is 2.91. The first kappa shape index (κ1) is 12.8. The number of rotatable bonds is 1. The Hall–Kier alpha value is -0.300. The monoisotopic (exact) mass is 424 g/mol. The summed E-state index contributed by atoms with van der Waals surface area (Å²) in [5.41, 5.74) is 2.29. The predicted octanol–water partition coefficient (Wildman–Crippen LogP) is 4.83. The molecule has 0 atom stereocenters. The zero-order chi connectivity index (χ0) is 11.1. The van der Waals surface area contributed by atoms with Crippen molar-refractivity contribution in [2.24, 2.45) is 0 Å². The number of benzene rings is 2. The molecule has 0 aliphatic heterocycles. The average Bonchev–Trinajstić information content (AvgIpc) is 2.34. The molecule has 0 amide bonds. The fourth-order valence-corrected chi connectivity index (χ4v) is 1.28. The summed E-state index contributed by atoms with van der Waals surface area (Å²) in [6.07, 6.45) is 0. The Morgan fingerprint density at radius 2 is 1.13 bits per heavy atom. The van der Waals surface area contributed by atoms with Gasteiger partial charge in [0.15, 0.2) is 0 Å². The van der Waals surface area contributed by atoms with Crippen molar-refractivity contribution in [1.82, 2.24) is 0 Å². The smallest absolute Gasteiger partial charge is 0.115 e. The van der Waals surface area contributed by atoms with E-state index in [-0.39, 0.29) is 0 Å². The minimum absolute atomic E-state index is 0.305. The molecule has 3 heteroatoms. The second kappa shape index (κ2) is 7.05. The van der Waals surface area contributed by atoms with Crippen molar-refractivity contribution in [2.45, 2.75) is 0 Å². The zero-order valence-electron chi connectivity index (χ0n) is 7.90. The highest BCUT2D eigenvalue weighted by Gasteiger charge is 1.94. The van der Waals surface area contributed by atoms with Gasteiger partial charge in [-0.3, -0.25) is 0 Å². The molecule has 2 rings (SSSR count). The van der Waals surface area contributed by atoms with Crippen LogP contribution in [0.15, 0.2) is 54.6 Å². The molecule has 15 heavy (non-hydrogen) atoms. The summed E-state index contributed by atoms with van der Waals surface area (Å²) in [4.78, 5) is 0. The Balaban J connectivity index is 0.000000531. The maximum atomic E-state index is 9.10. The molecule has 1 nitrogen and oxygen atoms in total. The molecule has 0 radical (unpaired) electrons. The lowest BCUT2D eigenvalue weighted by atomic mass is 10.1. The van der Waals surface area contributed by atoms with E-state index >= 15 is 0 Å². The molecule has 0 fully saturated rings. The minimum Gasteiger partial charge on any atom is -0.508 e. The average molecular weight is 424 g/mol. The molecule has 2 aromatic carbocycles. The molecular weight excluding hydrogens is 414 g/mol. The summed E-state index contributed by atoms with van der Waals surface area (Å²) in [6, 6.07) is 17.3. The fourth-order valence-electron chi connectivity index (χ4n) is 1.28. The Morgan fingerprint density at radius 1 is 0.667 bits per heavy atom. The van der Waals surface area contributed by atoms with Gasteiger partial charge >= 0.3 is 0 Å². The molecule has 1 N–H and O–H groups in total. The van der Waals surface area contributed by atoms with Gasteiger partial charge < -0.3 is 5.11 Å². The molecule has 0 saturated carbocycles. The third kappa shape index (κ3) is 3.98. The molecular formula is C12H10I2O. The van der Waals surface area contributed by atoms with Crippen LogP contribution >= 0.6 is 37.2 Å². The number of halogens is 2. The van der Waals surface area contributed by atoms with E-state index in [4.69, 9.17) is 5.11 Å². The van der Waals surface area contributed by atoms with E-state index in [0.717, 1.165) is 5.56 Å². The highest BCUT2D eigenvalue weighted by molar-refractivity contribution is 15.0. The molecule has 0 unspecified atom stereocenters. The first-order valence-electron chi connectivity index (χ1n) is 4.35. The van der Waals surface area contributed by atoms with E-state index in [0.29, 0.717) is 5.75 Å². The van der Waals surface area contributed by atoms with Crippen molar-refractivity contribution >= 4 is 37.2 Å². The standard InChI is InChI=1S/C12H10O.I2/c13-12-8-6-11(7-9-12)10-4-2-1-3-5-10;1-2/h1-9,13H;. The van der Waals surface area contributed by atoms with E-state index in [2.05, 4.69) is 37.2 Å². The van der Waals surface area contributed by atoms with Crippen LogP contribution in [0.25, 0.3) is 11.1 Å². The van der Waals surface area contributed by atoms with Crippen molar-refractivity contribution < 1.29 is 5.11 Å². The van der Waals surface area contributed by atoms with E-state index in [1.165, 1.54) is 5.56 Å². The van der Waals surface area contributed by atoms with Gasteiger partial charge in [-0.25, -0.2) is 0 Å². The summed E-state index contributed by atoms with van der Waals surface area (Å²) in [6.45, 7) is 0. The van der Waals surface area contributed by atoms with Crippen LogP contribution in [-0.4, -0.2) is 5.11 Å². The highest BCUT2D eigenvalue weighted by Crippen LogP contribution is 2.20. The first-order valence-corrected chi connectivity index (χ1v) is 10.6. The maximum Gasteiger partial charge on any atom is 0.115 e. The van der Waals surface area contributed by atoms with Gasteiger partial charge in [0, 0.05) is 37.2 Å². The van der Waals surface area contributed by atoms with Crippen LogP contribution in [0.2, 0.25) is 0 Å². The van der Waals surface area contributed by atoms with Crippen LogP contribution in [0.1, 0.15) is 0 Å². The van der Waals surface area contributed by atoms with Crippen molar-refractivity contribution in [2.75, 3.05) is 0 Å². The van der Waals surface area contributed by atoms with Gasteiger partial charge in [0.25, 0.3) is 0 Å². The predicted molar refractivity (Wildman–Crippen MR) is 81.6 cm³/mol. The molecule has 78 valence electrons. The molecule has 0 aliphatic rings. The van der Waals surface area contributed by atoms with Crippen LogP contribution in [0, 0.1) is 0 Å². The number of hydrogen-bond acceptors (Lipinski definition) is 1. The summed E-state index contributed by atoms with van der Waals surface area (Å²) < 4.78 is 0. The molecule has 2 aromatic rings. The van der Waals surface area contributed by atoms with E-state index < -0.39 is 0 Å². The van der Waals surface area contributed by atoms with Crippen molar-refractivity contribution in [3.63, 3.8) is 0 Å². The van der Waals surface area contributed by atoms with Crippen LogP contribution in [0.5, 0.6) is 5.75 Å². The van der Waals surface area contributed by atoms with Gasteiger partial charge in [0.05, 0.1) is 0 Å². The van der Waals surface area contributed by atoms with Crippen molar-refractivity contribution in [1.29, 1.82) is 0 Å². The normalized spacial score (nSPS) is 8.93. The van der Waals surface area contributed by atoms with Crippen molar-refractivity contribution in [3.05, 3.63) is 54.6 Å². The largest absolute Gasteiger partial charge is 0.508 e. The van der Waals surface area contributed by atoms with Gasteiger partial charge in [0.1, 0.15) is 5.75 Å². The van der Waals surface area contributed by atoms with E-state index in [1.54, 1.807) is 12.1 Å². The summed E-state index contributed by atoms with van der Waals surface area (Å²) in [7, 11) is 0. The molecule has 0 bridgehead atoms. The molecule has 0 saturated heterocycles. The molecule has 0 aromatic heterocycles. The van der Waals surface area contributed by atoms with Crippen LogP contribution in [0.3, 0.4) is 0 Å². The number of hydrogen-bond donors (Lipinski definition) is 1. The summed E-state index contributed by atoms with van der Waals surface area (Å²) >= 11 is 4.24. The second-order valence-corrected chi connectivity index (χ2v) is 2.91. The lowest BCUT2D eigenvalue weighted by Crippen LogP contribution is -1.74. The Labute approximate surface area is 113 Å². The van der Waals surface area contributed by atoms with Gasteiger partial charge in [-0.15, -0.1) is 0 Å². The molecule has 0 aliphatic carbocycles. The Morgan fingerprint density at radius 3 is 1.67 bits per heavy atom. The van der Waals surface area contributed by atoms with Crippen LogP contribution in [0.4, 0.5) is 0 Å². The number of phenols is 1. The highest BCUT2D eigenvalue weighted by atomic mass is 128. The van der Waals surface area contributed by atoms with Crippen LogP contribution < -0.4 is 0 Å². The van der Waals surface area contributed by atoms with Crippen LogP contribution in [-0.2, 0) is 0 Å². The van der Waals surface area contributed by atoms with Gasteiger partial charge in [-0.1, -0.05) is 42.5 Å². The third-order valence-electron chi connectivity index (χ3n) is 1.97. The topological polar surface area (TPSA) is 20.2 Å². The van der Waals surface area contributed by atoms with Gasteiger partial charge in [0.2, 0.25) is 0 Å². The van der Waals surface area contributed by atoms with Gasteiger partial charge in [-0.2, -0.15) is 0 Å². The number of aromatic hydroxyl groups is 1. The fraction of sp³-hybridized carbons (Fsp3) is 0. The minimum atomic E-state index is 0.305. The zero-order valence-corrected chi connectivity index (χ0v) is 12.2. The lowest BCUT2D eigenvalue weighted by molar-refractivity contribution is 0.475. The quantitative estimate of drug-likeness (QED) is 0.651. The van der Waals surface area contributed by atoms with Gasteiger partial charge in [-0.05, 0) is 23.3 Å². The Kier molecular flexibility index (Phi) is 6.00. The lowest BCUT2D eigenvalue weighted by Gasteiger charge is -2.00. The van der Waals surface area contributed by atoms with Crippen molar-refractivity contribution in [3.8, 4) is 16.9 Å². The Bertz CT molecular complexity index is 384. The van der Waals surface area contributed by atoms with E-state index in [1.807, 2.05) is 42.5 Å². The molecule has 0 heterocycles. The first-order chi connectivity index (χ1) is 7.36. The molecule has 0 spiro atoms. The van der Waals surface area contributed by atoms with E-state index in [9.17, 15) is 0 Å². The summed E-state index contributed by atoms with van der Waals surface area (Å²) in [5.74, 6) is 0.305.